The van der Waals surface area contributed by atoms with Crippen molar-refractivity contribution in [3.8, 4) is 0 Å². The van der Waals surface area contributed by atoms with Crippen molar-refractivity contribution < 1.29 is 4.79 Å². The maximum atomic E-state index is 12.1. The van der Waals surface area contributed by atoms with Gasteiger partial charge in [-0.3, -0.25) is 4.79 Å². The first-order valence-electron chi connectivity index (χ1n) is 5.47. The van der Waals surface area contributed by atoms with Crippen LogP contribution in [-0.4, -0.2) is 44.1 Å². The number of aromatic nitrogens is 3. The molecule has 6 heteroatoms. The number of nitrogens with one attached hydrogen (secondary N) is 1. The van der Waals surface area contributed by atoms with Crippen molar-refractivity contribution in [1.29, 1.82) is 0 Å². The zero-order valence-corrected chi connectivity index (χ0v) is 11.2. The number of H-pyrrole nitrogens is 1. The summed E-state index contributed by atoms with van der Waals surface area (Å²) in [5.74, 6) is -0.0538. The normalized spacial score (nSPS) is 10.8. The molecule has 0 aromatic carbocycles. The number of alkyl halides is 1. The summed E-state index contributed by atoms with van der Waals surface area (Å²) in [6.07, 6.45) is 3.37. The lowest BCUT2D eigenvalue weighted by Crippen LogP contribution is -2.41. The van der Waals surface area contributed by atoms with Crippen LogP contribution in [0.1, 0.15) is 37.2 Å². The van der Waals surface area contributed by atoms with Gasteiger partial charge in [-0.05, 0) is 12.8 Å². The molecule has 0 bridgehead atoms. The largest absolute Gasteiger partial charge is 0.333 e. The third-order valence-corrected chi connectivity index (χ3v) is 2.96. The van der Waals surface area contributed by atoms with Gasteiger partial charge in [0.1, 0.15) is 0 Å². The van der Waals surface area contributed by atoms with Crippen molar-refractivity contribution in [2.45, 2.75) is 32.7 Å². The monoisotopic (exact) mass is 288 g/mol. The van der Waals surface area contributed by atoms with Gasteiger partial charge >= 0.3 is 0 Å². The molecule has 0 saturated heterocycles. The Morgan fingerprint density at radius 1 is 1.56 bits per heavy atom. The summed E-state index contributed by atoms with van der Waals surface area (Å²) < 4.78 is 0. The molecular formula is C10H17BrN4O. The standard InChI is InChI=1S/C10H17BrN4O/c1-3-8(4-2)15(6-5-11)10(16)9-7-12-14-13-9/h7-8H,3-6H2,1-2H3,(H,12,13,14). The van der Waals surface area contributed by atoms with E-state index in [0.29, 0.717) is 12.2 Å². The smallest absolute Gasteiger partial charge is 0.276 e. The molecular weight excluding hydrogens is 272 g/mol. The Hall–Kier alpha value is -0.910. The Balaban J connectivity index is 2.80. The van der Waals surface area contributed by atoms with Gasteiger partial charge in [0.25, 0.3) is 5.91 Å². The quantitative estimate of drug-likeness (QED) is 0.813. The van der Waals surface area contributed by atoms with Crippen LogP contribution in [0.5, 0.6) is 0 Å². The molecule has 1 rings (SSSR count). The molecule has 16 heavy (non-hydrogen) atoms. The minimum atomic E-state index is -0.0538. The number of hydrogen-bond donors (Lipinski definition) is 1. The SMILES string of the molecule is CCC(CC)N(CCBr)C(=O)c1cn[nH]n1. The van der Waals surface area contributed by atoms with E-state index in [1.54, 1.807) is 0 Å². The van der Waals surface area contributed by atoms with Gasteiger partial charge in [0.15, 0.2) is 5.69 Å². The number of halogens is 1. The minimum Gasteiger partial charge on any atom is -0.333 e. The van der Waals surface area contributed by atoms with E-state index in [-0.39, 0.29) is 11.9 Å². The van der Waals surface area contributed by atoms with Crippen molar-refractivity contribution in [2.24, 2.45) is 0 Å². The highest BCUT2D eigenvalue weighted by Crippen LogP contribution is 2.12. The van der Waals surface area contributed by atoms with Crippen molar-refractivity contribution >= 4 is 21.8 Å². The second kappa shape index (κ2) is 6.62. The van der Waals surface area contributed by atoms with E-state index in [4.69, 9.17) is 0 Å². The van der Waals surface area contributed by atoms with Crippen LogP contribution in [0.2, 0.25) is 0 Å². The maximum absolute atomic E-state index is 12.1. The summed E-state index contributed by atoms with van der Waals surface area (Å²) >= 11 is 3.37. The Labute approximate surface area is 104 Å². The fourth-order valence-corrected chi connectivity index (χ4v) is 2.10. The Morgan fingerprint density at radius 2 is 2.25 bits per heavy atom. The molecule has 1 N–H and O–H groups in total. The second-order valence-electron chi connectivity index (χ2n) is 3.51. The van der Waals surface area contributed by atoms with Crippen LogP contribution < -0.4 is 0 Å². The Morgan fingerprint density at radius 3 is 2.69 bits per heavy atom. The maximum Gasteiger partial charge on any atom is 0.276 e. The van der Waals surface area contributed by atoms with Crippen molar-refractivity contribution in [3.05, 3.63) is 11.9 Å². The lowest BCUT2D eigenvalue weighted by Gasteiger charge is -2.29. The highest BCUT2D eigenvalue weighted by molar-refractivity contribution is 9.09. The van der Waals surface area contributed by atoms with Gasteiger partial charge in [0.05, 0.1) is 6.20 Å². The predicted molar refractivity (Wildman–Crippen MR) is 65.6 cm³/mol. The van der Waals surface area contributed by atoms with Crippen molar-refractivity contribution in [1.82, 2.24) is 20.3 Å². The van der Waals surface area contributed by atoms with Gasteiger partial charge in [0.2, 0.25) is 0 Å². The molecule has 0 spiro atoms. The summed E-state index contributed by atoms with van der Waals surface area (Å²) in [4.78, 5) is 14.0. The van der Waals surface area contributed by atoms with Crippen LogP contribution in [0, 0.1) is 0 Å². The molecule has 90 valence electrons. The second-order valence-corrected chi connectivity index (χ2v) is 4.31. The van der Waals surface area contributed by atoms with E-state index in [1.807, 2.05) is 4.90 Å². The molecule has 5 nitrogen and oxygen atoms in total. The van der Waals surface area contributed by atoms with Gasteiger partial charge in [-0.1, -0.05) is 29.8 Å². The van der Waals surface area contributed by atoms with E-state index in [9.17, 15) is 4.79 Å². The van der Waals surface area contributed by atoms with E-state index < -0.39 is 0 Å². The summed E-state index contributed by atoms with van der Waals surface area (Å²) in [5, 5.41) is 10.7. The van der Waals surface area contributed by atoms with E-state index in [0.717, 1.165) is 18.2 Å². The molecule has 0 radical (unpaired) electrons. The fourth-order valence-electron chi connectivity index (χ4n) is 1.72. The fraction of sp³-hybridized carbons (Fsp3) is 0.700. The summed E-state index contributed by atoms with van der Waals surface area (Å²) in [6, 6.07) is 0.266. The summed E-state index contributed by atoms with van der Waals surface area (Å²) in [6.45, 7) is 4.87. The first-order valence-corrected chi connectivity index (χ1v) is 6.59. The average Bonchev–Trinajstić information content (AvgIpc) is 2.82. The molecule has 0 unspecified atom stereocenters. The molecule has 0 atom stereocenters. The molecule has 1 aromatic heterocycles. The van der Waals surface area contributed by atoms with Crippen LogP contribution >= 0.6 is 15.9 Å². The number of aromatic amines is 1. The van der Waals surface area contributed by atoms with Crippen LogP contribution in [0.15, 0.2) is 6.20 Å². The van der Waals surface area contributed by atoms with Gasteiger partial charge in [0, 0.05) is 17.9 Å². The first-order chi connectivity index (χ1) is 7.74. The molecule has 0 aliphatic heterocycles. The third-order valence-electron chi connectivity index (χ3n) is 2.60. The zero-order chi connectivity index (χ0) is 12.0. The number of amides is 1. The number of carbonyl (C=O) groups excluding carboxylic acids is 1. The van der Waals surface area contributed by atoms with E-state index >= 15 is 0 Å². The number of carbonyl (C=O) groups is 1. The van der Waals surface area contributed by atoms with Crippen molar-refractivity contribution in [3.63, 3.8) is 0 Å². The Bertz CT molecular complexity index is 311. The van der Waals surface area contributed by atoms with Gasteiger partial charge in [-0.25, -0.2) is 0 Å². The summed E-state index contributed by atoms with van der Waals surface area (Å²) in [5.41, 5.74) is 0.382. The van der Waals surface area contributed by atoms with E-state index in [2.05, 4.69) is 45.2 Å². The number of nitrogens with zero attached hydrogens (tertiary/aromatic N) is 3. The van der Waals surface area contributed by atoms with Crippen LogP contribution in [-0.2, 0) is 0 Å². The zero-order valence-electron chi connectivity index (χ0n) is 9.61. The lowest BCUT2D eigenvalue weighted by molar-refractivity contribution is 0.0677. The molecule has 0 aliphatic rings. The summed E-state index contributed by atoms with van der Waals surface area (Å²) in [7, 11) is 0. The Kier molecular flexibility index (Phi) is 5.45. The average molecular weight is 289 g/mol. The molecule has 0 saturated carbocycles. The van der Waals surface area contributed by atoms with Crippen LogP contribution in [0.25, 0.3) is 0 Å². The molecule has 1 amide bonds. The highest BCUT2D eigenvalue weighted by Gasteiger charge is 2.23. The highest BCUT2D eigenvalue weighted by atomic mass is 79.9. The molecule has 1 aromatic rings. The number of rotatable bonds is 6. The van der Waals surface area contributed by atoms with Crippen molar-refractivity contribution in [2.75, 3.05) is 11.9 Å². The predicted octanol–water partition coefficient (Wildman–Crippen LogP) is 1.83. The third kappa shape index (κ3) is 3.04. The first kappa shape index (κ1) is 13.2. The van der Waals surface area contributed by atoms with Crippen LogP contribution in [0.3, 0.4) is 0 Å². The van der Waals surface area contributed by atoms with Gasteiger partial charge < -0.3 is 4.90 Å². The molecule has 0 aliphatic carbocycles. The van der Waals surface area contributed by atoms with E-state index in [1.165, 1.54) is 6.20 Å². The van der Waals surface area contributed by atoms with Gasteiger partial charge in [-0.15, -0.1) is 0 Å². The van der Waals surface area contributed by atoms with Crippen LogP contribution in [0.4, 0.5) is 0 Å². The number of hydrogen-bond acceptors (Lipinski definition) is 3. The minimum absolute atomic E-state index is 0.0538. The molecule has 1 heterocycles. The molecule has 0 fully saturated rings. The topological polar surface area (TPSA) is 61.9 Å². The van der Waals surface area contributed by atoms with Gasteiger partial charge in [-0.2, -0.15) is 15.4 Å². The lowest BCUT2D eigenvalue weighted by atomic mass is 10.1.